The van der Waals surface area contributed by atoms with E-state index in [-0.39, 0.29) is 17.3 Å². The summed E-state index contributed by atoms with van der Waals surface area (Å²) in [7, 11) is -4.09. The number of aryl methyl sites for hydroxylation is 2. The Balaban J connectivity index is 2.08. The summed E-state index contributed by atoms with van der Waals surface area (Å²) in [6.45, 7) is 11.0. The van der Waals surface area contributed by atoms with Crippen LogP contribution in [0.1, 0.15) is 50.8 Å². The van der Waals surface area contributed by atoms with Gasteiger partial charge >= 0.3 is 0 Å². The third-order valence-corrected chi connectivity index (χ3v) is 8.08. The number of benzene rings is 3. The van der Waals surface area contributed by atoms with Crippen LogP contribution in [0.15, 0.2) is 83.8 Å². The summed E-state index contributed by atoms with van der Waals surface area (Å²) in [5, 5.41) is 2.98. The van der Waals surface area contributed by atoms with Crippen LogP contribution in [0, 0.1) is 13.8 Å². The van der Waals surface area contributed by atoms with E-state index < -0.39 is 34.1 Å². The zero-order valence-corrected chi connectivity index (χ0v) is 24.5. The third-order valence-electron chi connectivity index (χ3n) is 6.31. The summed E-state index contributed by atoms with van der Waals surface area (Å²) >= 11 is 0. The molecule has 0 saturated heterocycles. The lowest BCUT2D eigenvalue weighted by atomic mass is 10.1. The lowest BCUT2D eigenvalue weighted by Gasteiger charge is -2.35. The van der Waals surface area contributed by atoms with Gasteiger partial charge in [-0.05, 0) is 70.4 Å². The number of rotatable bonds is 10. The lowest BCUT2D eigenvalue weighted by Crippen LogP contribution is -2.55. The van der Waals surface area contributed by atoms with Crippen LogP contribution in [0.2, 0.25) is 0 Å². The van der Waals surface area contributed by atoms with Crippen molar-refractivity contribution >= 4 is 27.5 Å². The van der Waals surface area contributed by atoms with E-state index in [1.54, 1.807) is 24.3 Å². The average molecular weight is 550 g/mol. The molecule has 0 saturated carbocycles. The molecule has 3 rings (SSSR count). The maximum atomic E-state index is 14.1. The predicted molar refractivity (Wildman–Crippen MR) is 156 cm³/mol. The lowest BCUT2D eigenvalue weighted by molar-refractivity contribution is -0.141. The summed E-state index contributed by atoms with van der Waals surface area (Å²) < 4.78 is 29.0. The van der Waals surface area contributed by atoms with E-state index in [2.05, 4.69) is 5.32 Å². The zero-order valence-electron chi connectivity index (χ0n) is 23.6. The van der Waals surface area contributed by atoms with Gasteiger partial charge in [0.05, 0.1) is 10.6 Å². The van der Waals surface area contributed by atoms with Crippen molar-refractivity contribution in [2.24, 2.45) is 0 Å². The molecule has 0 bridgehead atoms. The molecule has 0 radical (unpaired) electrons. The second kappa shape index (κ2) is 12.5. The Hall–Kier alpha value is -3.65. The highest BCUT2D eigenvalue weighted by Crippen LogP contribution is 2.28. The number of nitrogens with zero attached hydrogens (tertiary/aromatic N) is 2. The van der Waals surface area contributed by atoms with Crippen LogP contribution in [0.25, 0.3) is 0 Å². The first-order valence-electron chi connectivity index (χ1n) is 13.1. The predicted octanol–water partition coefficient (Wildman–Crippen LogP) is 5.22. The first kappa shape index (κ1) is 29.9. The first-order chi connectivity index (χ1) is 18.3. The SMILES string of the molecule is CC[C@H](C(=O)NC(C)(C)C)N(Cc1ccccc1)C(=O)CN(c1ccc(C)cc1C)S(=O)(=O)c1ccccc1. The first-order valence-corrected chi connectivity index (χ1v) is 14.6. The standard InChI is InChI=1S/C31H39N3O4S/c1-7-27(30(36)32-31(4,5)6)33(21-25-14-10-8-11-15-25)29(35)22-34(28-19-18-23(2)20-24(28)3)39(37,38)26-16-12-9-13-17-26/h8-20,27H,7,21-22H2,1-6H3,(H,32,36)/t27-/m1/s1. The van der Waals surface area contributed by atoms with Crippen molar-refractivity contribution in [2.45, 2.75) is 71.0 Å². The van der Waals surface area contributed by atoms with Crippen LogP contribution < -0.4 is 9.62 Å². The molecule has 0 unspecified atom stereocenters. The second-order valence-electron chi connectivity index (χ2n) is 10.8. The average Bonchev–Trinajstić information content (AvgIpc) is 2.87. The van der Waals surface area contributed by atoms with Crippen LogP contribution in [-0.2, 0) is 26.2 Å². The number of carbonyl (C=O) groups excluding carboxylic acids is 2. The normalized spacial score (nSPS) is 12.5. The number of carbonyl (C=O) groups is 2. The van der Waals surface area contributed by atoms with Gasteiger partial charge in [0.25, 0.3) is 10.0 Å². The van der Waals surface area contributed by atoms with E-state index in [9.17, 15) is 18.0 Å². The quantitative estimate of drug-likeness (QED) is 0.376. The Bertz CT molecular complexity index is 1380. The summed E-state index contributed by atoms with van der Waals surface area (Å²) in [6, 6.07) is 22.1. The molecule has 208 valence electrons. The highest BCUT2D eigenvalue weighted by molar-refractivity contribution is 7.92. The van der Waals surface area contributed by atoms with E-state index in [1.165, 1.54) is 17.0 Å². The van der Waals surface area contributed by atoms with Crippen molar-refractivity contribution in [3.63, 3.8) is 0 Å². The number of nitrogens with one attached hydrogen (secondary N) is 1. The van der Waals surface area contributed by atoms with Crippen LogP contribution in [0.5, 0.6) is 0 Å². The Kier molecular flexibility index (Phi) is 9.56. The molecule has 3 aromatic carbocycles. The highest BCUT2D eigenvalue weighted by atomic mass is 32.2. The molecule has 39 heavy (non-hydrogen) atoms. The molecular formula is C31H39N3O4S. The van der Waals surface area contributed by atoms with Crippen molar-refractivity contribution < 1.29 is 18.0 Å². The van der Waals surface area contributed by atoms with Gasteiger partial charge in [0, 0.05) is 12.1 Å². The minimum absolute atomic E-state index is 0.0879. The van der Waals surface area contributed by atoms with Gasteiger partial charge in [-0.15, -0.1) is 0 Å². The Labute approximate surface area is 232 Å². The number of hydrogen-bond acceptors (Lipinski definition) is 4. The van der Waals surface area contributed by atoms with E-state index in [1.807, 2.05) is 84.0 Å². The maximum Gasteiger partial charge on any atom is 0.264 e. The number of anilines is 1. The van der Waals surface area contributed by atoms with Gasteiger partial charge in [0.2, 0.25) is 11.8 Å². The van der Waals surface area contributed by atoms with Crippen LogP contribution >= 0.6 is 0 Å². The summed E-state index contributed by atoms with van der Waals surface area (Å²) in [4.78, 5) is 29.0. The van der Waals surface area contributed by atoms with Gasteiger partial charge in [-0.1, -0.05) is 73.2 Å². The number of hydrogen-bond donors (Lipinski definition) is 1. The van der Waals surface area contributed by atoms with E-state index >= 15 is 0 Å². The van der Waals surface area contributed by atoms with E-state index in [4.69, 9.17) is 0 Å². The van der Waals surface area contributed by atoms with Gasteiger partial charge < -0.3 is 10.2 Å². The summed E-state index contributed by atoms with van der Waals surface area (Å²) in [5.74, 6) is -0.743. The van der Waals surface area contributed by atoms with Crippen LogP contribution in [0.3, 0.4) is 0 Å². The van der Waals surface area contributed by atoms with E-state index in [0.29, 0.717) is 12.1 Å². The topological polar surface area (TPSA) is 86.8 Å². The molecule has 0 aliphatic heterocycles. The van der Waals surface area contributed by atoms with Gasteiger partial charge in [0.1, 0.15) is 12.6 Å². The smallest absolute Gasteiger partial charge is 0.264 e. The number of amides is 2. The summed E-state index contributed by atoms with van der Waals surface area (Å²) in [5.41, 5.74) is 2.49. The van der Waals surface area contributed by atoms with Gasteiger partial charge in [-0.25, -0.2) is 8.42 Å². The molecule has 1 N–H and O–H groups in total. The molecule has 0 aromatic heterocycles. The minimum Gasteiger partial charge on any atom is -0.350 e. The van der Waals surface area contributed by atoms with E-state index in [0.717, 1.165) is 21.0 Å². The molecule has 0 fully saturated rings. The van der Waals surface area contributed by atoms with Gasteiger partial charge in [0.15, 0.2) is 0 Å². The molecule has 0 heterocycles. The molecule has 1 atom stereocenters. The molecule has 2 amide bonds. The molecule has 7 nitrogen and oxygen atoms in total. The molecule has 8 heteroatoms. The van der Waals surface area contributed by atoms with Crippen molar-refractivity contribution in [3.05, 3.63) is 95.6 Å². The van der Waals surface area contributed by atoms with Crippen molar-refractivity contribution in [1.29, 1.82) is 0 Å². The fourth-order valence-corrected chi connectivity index (χ4v) is 5.97. The highest BCUT2D eigenvalue weighted by Gasteiger charge is 2.35. The molecule has 0 aliphatic carbocycles. The Morgan fingerprint density at radius 2 is 1.49 bits per heavy atom. The fraction of sp³-hybridized carbons (Fsp3) is 0.355. The fourth-order valence-electron chi connectivity index (χ4n) is 4.47. The minimum atomic E-state index is -4.09. The molecule has 0 spiro atoms. The van der Waals surface area contributed by atoms with Crippen LogP contribution in [-0.4, -0.2) is 43.3 Å². The third kappa shape index (κ3) is 7.69. The largest absolute Gasteiger partial charge is 0.350 e. The number of sulfonamides is 1. The summed E-state index contributed by atoms with van der Waals surface area (Å²) in [6.07, 6.45) is 0.371. The second-order valence-corrected chi connectivity index (χ2v) is 12.6. The van der Waals surface area contributed by atoms with Gasteiger partial charge in [-0.3, -0.25) is 13.9 Å². The van der Waals surface area contributed by atoms with Crippen molar-refractivity contribution in [1.82, 2.24) is 10.2 Å². The molecular weight excluding hydrogens is 510 g/mol. The molecule has 3 aromatic rings. The maximum absolute atomic E-state index is 14.1. The monoisotopic (exact) mass is 549 g/mol. The zero-order chi connectivity index (χ0) is 28.8. The van der Waals surface area contributed by atoms with Gasteiger partial charge in [-0.2, -0.15) is 0 Å². The van der Waals surface area contributed by atoms with Crippen molar-refractivity contribution in [2.75, 3.05) is 10.8 Å². The van der Waals surface area contributed by atoms with Crippen LogP contribution in [0.4, 0.5) is 5.69 Å². The van der Waals surface area contributed by atoms with Crippen molar-refractivity contribution in [3.8, 4) is 0 Å². The molecule has 0 aliphatic rings. The Morgan fingerprint density at radius 3 is 2.03 bits per heavy atom. The Morgan fingerprint density at radius 1 is 0.897 bits per heavy atom.